The molecule has 1 saturated carbocycles. The van der Waals surface area contributed by atoms with Gasteiger partial charge in [-0.1, -0.05) is 191 Å². The number of rotatable bonds is 25. The van der Waals surface area contributed by atoms with Crippen molar-refractivity contribution in [3.05, 3.63) is 82.9 Å². The van der Waals surface area contributed by atoms with E-state index in [0.29, 0.717) is 11.5 Å². The van der Waals surface area contributed by atoms with Crippen LogP contribution in [0.5, 0.6) is 11.5 Å². The minimum absolute atomic E-state index is 0.0924. The van der Waals surface area contributed by atoms with Crippen LogP contribution in [-0.2, 0) is 18.3 Å². The molecule has 4 rings (SSSR count). The average Bonchev–Trinajstić information content (AvgIpc) is 3.17. The SMILES string of the molecule is CCCCCCCCCCCCc1cc(O)c(-c2ccccc2)c(CCCCCCCCCCCC)c1C1(c2ccc(O)cc2)CCCCC1.OP(O)O. The van der Waals surface area contributed by atoms with E-state index >= 15 is 0 Å². The first-order chi connectivity index (χ1) is 26.3. The van der Waals surface area contributed by atoms with Crippen LogP contribution in [0, 0.1) is 0 Å². The monoisotopic (exact) mass is 763 g/mol. The van der Waals surface area contributed by atoms with Crippen molar-refractivity contribution in [2.45, 2.75) is 193 Å². The highest BCUT2D eigenvalue weighted by Gasteiger charge is 2.40. The molecule has 1 aliphatic carbocycles. The molecular weight excluding hydrogens is 687 g/mol. The molecule has 1 aliphatic rings. The Bertz CT molecular complexity index is 1380. The number of unbranched alkanes of at least 4 members (excludes halogenated alkanes) is 18. The van der Waals surface area contributed by atoms with E-state index in [4.69, 9.17) is 14.7 Å². The molecule has 0 bridgehead atoms. The normalized spacial score (nSPS) is 13.9. The predicted molar refractivity (Wildman–Crippen MR) is 230 cm³/mol. The maximum absolute atomic E-state index is 11.9. The van der Waals surface area contributed by atoms with E-state index in [0.717, 1.165) is 43.2 Å². The van der Waals surface area contributed by atoms with E-state index in [2.05, 4.69) is 62.4 Å². The average molecular weight is 763 g/mol. The van der Waals surface area contributed by atoms with Gasteiger partial charge in [-0.3, -0.25) is 0 Å². The number of benzene rings is 3. The standard InChI is InChI=1S/C48H72O2.H3O3P/c1-3-5-7-9-11-13-15-17-19-23-31-41-39-45(50)46(40-29-24-21-25-30-40)44(32-26-20-18-16-14-12-10-8-6-4-2)47(41)48(37-27-22-28-38-48)42-33-35-43(49)36-34-42;1-4(2)3/h21,24-25,29-30,33-36,39,49-50H,3-20,22-23,26-28,31-32,37-38H2,1-2H3;1-3H. The summed E-state index contributed by atoms with van der Waals surface area (Å²) in [6.07, 6.45) is 34.6. The lowest BCUT2D eigenvalue weighted by atomic mass is 9.61. The van der Waals surface area contributed by atoms with E-state index in [1.165, 1.54) is 164 Å². The fourth-order valence-corrected chi connectivity index (χ4v) is 8.96. The highest BCUT2D eigenvalue weighted by molar-refractivity contribution is 7.38. The molecule has 0 saturated heterocycles. The van der Waals surface area contributed by atoms with Crippen LogP contribution in [0.3, 0.4) is 0 Å². The van der Waals surface area contributed by atoms with Crippen molar-refractivity contribution >= 4 is 8.60 Å². The molecule has 0 heterocycles. The Morgan fingerprint density at radius 2 is 0.981 bits per heavy atom. The third kappa shape index (κ3) is 16.0. The van der Waals surface area contributed by atoms with Crippen molar-refractivity contribution in [1.29, 1.82) is 0 Å². The molecule has 1 fully saturated rings. The molecule has 3 aromatic rings. The fraction of sp³-hybridized carbons (Fsp3) is 0.625. The smallest absolute Gasteiger partial charge is 0.324 e. The maximum atomic E-state index is 11.9. The summed E-state index contributed by atoms with van der Waals surface area (Å²) in [5.41, 5.74) is 7.74. The summed E-state index contributed by atoms with van der Waals surface area (Å²) in [7, 11) is -2.62. The van der Waals surface area contributed by atoms with Gasteiger partial charge in [0.25, 0.3) is 0 Å². The Balaban J connectivity index is 0.00000186. The fourth-order valence-electron chi connectivity index (χ4n) is 8.96. The van der Waals surface area contributed by atoms with Gasteiger partial charge in [0.2, 0.25) is 0 Å². The molecular formula is C48H75O5P. The summed E-state index contributed by atoms with van der Waals surface area (Å²) in [5, 5.41) is 22.3. The first-order valence-corrected chi connectivity index (χ1v) is 23.1. The van der Waals surface area contributed by atoms with Gasteiger partial charge in [-0.15, -0.1) is 0 Å². The van der Waals surface area contributed by atoms with Gasteiger partial charge in [-0.05, 0) is 84.5 Å². The molecule has 0 aliphatic heterocycles. The number of phenols is 2. The Morgan fingerprint density at radius 1 is 0.537 bits per heavy atom. The van der Waals surface area contributed by atoms with Crippen LogP contribution in [0.2, 0.25) is 0 Å². The number of phenolic OH excluding ortho intramolecular Hbond substituents is 2. The summed E-state index contributed by atoms with van der Waals surface area (Å²) in [6, 6.07) is 21.1. The van der Waals surface area contributed by atoms with E-state index in [-0.39, 0.29) is 5.41 Å². The molecule has 54 heavy (non-hydrogen) atoms. The lowest BCUT2D eigenvalue weighted by Crippen LogP contribution is -2.33. The van der Waals surface area contributed by atoms with Crippen molar-refractivity contribution in [2.75, 3.05) is 0 Å². The third-order valence-electron chi connectivity index (χ3n) is 11.7. The minimum atomic E-state index is -2.62. The molecule has 5 N–H and O–H groups in total. The molecule has 0 unspecified atom stereocenters. The molecule has 0 radical (unpaired) electrons. The zero-order chi connectivity index (χ0) is 38.9. The topological polar surface area (TPSA) is 101 Å². The number of hydrogen-bond acceptors (Lipinski definition) is 5. The molecule has 0 amide bonds. The van der Waals surface area contributed by atoms with Crippen LogP contribution in [0.1, 0.15) is 197 Å². The summed E-state index contributed by atoms with van der Waals surface area (Å²) in [6.45, 7) is 4.59. The minimum Gasteiger partial charge on any atom is -0.508 e. The Kier molecular flexibility index (Phi) is 23.2. The quantitative estimate of drug-likeness (QED) is 0.0437. The second kappa shape index (κ2) is 27.2. The lowest BCUT2D eigenvalue weighted by molar-refractivity contribution is 0.340. The van der Waals surface area contributed by atoms with E-state index in [1.807, 2.05) is 12.1 Å². The van der Waals surface area contributed by atoms with Crippen LogP contribution < -0.4 is 0 Å². The second-order valence-corrected chi connectivity index (χ2v) is 16.5. The largest absolute Gasteiger partial charge is 0.508 e. The van der Waals surface area contributed by atoms with Crippen molar-refractivity contribution < 1.29 is 24.9 Å². The zero-order valence-corrected chi connectivity index (χ0v) is 34.9. The van der Waals surface area contributed by atoms with Gasteiger partial charge in [0.1, 0.15) is 11.5 Å². The molecule has 0 aromatic heterocycles. The summed E-state index contributed by atoms with van der Waals surface area (Å²) in [4.78, 5) is 21.7. The maximum Gasteiger partial charge on any atom is 0.324 e. The highest BCUT2D eigenvalue weighted by Crippen LogP contribution is 2.51. The zero-order valence-electron chi connectivity index (χ0n) is 34.0. The first-order valence-electron chi connectivity index (χ1n) is 21.9. The van der Waals surface area contributed by atoms with Gasteiger partial charge >= 0.3 is 8.60 Å². The van der Waals surface area contributed by atoms with Gasteiger partial charge in [-0.25, -0.2) is 0 Å². The van der Waals surface area contributed by atoms with Gasteiger partial charge in [0, 0.05) is 11.0 Å². The van der Waals surface area contributed by atoms with Crippen LogP contribution >= 0.6 is 8.60 Å². The predicted octanol–water partition coefficient (Wildman–Crippen LogP) is 14.1. The molecule has 302 valence electrons. The van der Waals surface area contributed by atoms with Crippen molar-refractivity contribution in [3.8, 4) is 22.6 Å². The van der Waals surface area contributed by atoms with Crippen molar-refractivity contribution in [1.82, 2.24) is 0 Å². The van der Waals surface area contributed by atoms with E-state index in [1.54, 1.807) is 0 Å². The Labute approximate surface area is 330 Å². The molecule has 3 aromatic carbocycles. The Hall–Kier alpha value is -2.43. The van der Waals surface area contributed by atoms with Crippen LogP contribution in [0.4, 0.5) is 0 Å². The van der Waals surface area contributed by atoms with Crippen molar-refractivity contribution in [2.24, 2.45) is 0 Å². The third-order valence-corrected chi connectivity index (χ3v) is 11.7. The molecule has 0 spiro atoms. The number of aryl methyl sites for hydroxylation is 1. The van der Waals surface area contributed by atoms with Gasteiger partial charge < -0.3 is 24.9 Å². The molecule has 0 atom stereocenters. The van der Waals surface area contributed by atoms with E-state index in [9.17, 15) is 10.2 Å². The summed E-state index contributed by atoms with van der Waals surface area (Å²) in [5.74, 6) is 0.798. The van der Waals surface area contributed by atoms with Crippen LogP contribution in [0.25, 0.3) is 11.1 Å². The molecule has 6 heteroatoms. The van der Waals surface area contributed by atoms with Gasteiger partial charge in [-0.2, -0.15) is 0 Å². The number of aromatic hydroxyl groups is 2. The second-order valence-electron chi connectivity index (χ2n) is 16.0. The van der Waals surface area contributed by atoms with Gasteiger partial charge in [0.15, 0.2) is 0 Å². The van der Waals surface area contributed by atoms with Crippen LogP contribution in [0.15, 0.2) is 60.7 Å². The molecule has 5 nitrogen and oxygen atoms in total. The van der Waals surface area contributed by atoms with E-state index < -0.39 is 8.60 Å². The highest BCUT2D eigenvalue weighted by atomic mass is 31.2. The Morgan fingerprint density at radius 3 is 1.46 bits per heavy atom. The summed E-state index contributed by atoms with van der Waals surface area (Å²) < 4.78 is 0. The van der Waals surface area contributed by atoms with Crippen molar-refractivity contribution in [3.63, 3.8) is 0 Å². The van der Waals surface area contributed by atoms with Gasteiger partial charge in [0.05, 0.1) is 0 Å². The number of hydrogen-bond donors (Lipinski definition) is 5. The first kappa shape index (κ1) is 46.0. The lowest BCUT2D eigenvalue weighted by Gasteiger charge is -2.42. The summed E-state index contributed by atoms with van der Waals surface area (Å²) >= 11 is 0. The van der Waals surface area contributed by atoms with Crippen LogP contribution in [-0.4, -0.2) is 24.9 Å².